The van der Waals surface area contributed by atoms with Crippen LogP contribution in [0.2, 0.25) is 0 Å². The summed E-state index contributed by atoms with van der Waals surface area (Å²) in [6.45, 7) is 6.35. The number of amides is 1. The second kappa shape index (κ2) is 7.65. The number of aliphatic hydroxyl groups is 1. The molecular formula is C15H25NO2S. The number of hydrogen-bond acceptors (Lipinski definition) is 3. The first-order valence-electron chi connectivity index (χ1n) is 7.04. The van der Waals surface area contributed by atoms with E-state index in [4.69, 9.17) is 0 Å². The van der Waals surface area contributed by atoms with Crippen LogP contribution in [0.5, 0.6) is 0 Å². The fourth-order valence-corrected chi connectivity index (χ4v) is 3.06. The second-order valence-corrected chi connectivity index (χ2v) is 6.00. The van der Waals surface area contributed by atoms with Crippen molar-refractivity contribution in [3.05, 3.63) is 22.4 Å². The molecule has 0 saturated heterocycles. The van der Waals surface area contributed by atoms with Crippen molar-refractivity contribution in [2.75, 3.05) is 6.54 Å². The molecule has 3 nitrogen and oxygen atoms in total. The van der Waals surface area contributed by atoms with Gasteiger partial charge < -0.3 is 10.4 Å². The Bertz CT molecular complexity index is 370. The van der Waals surface area contributed by atoms with E-state index in [0.29, 0.717) is 6.54 Å². The van der Waals surface area contributed by atoms with Crippen LogP contribution in [0, 0.1) is 0 Å². The number of carbonyl (C=O) groups excluding carboxylic acids is 1. The average molecular weight is 283 g/mol. The standard InChI is InChI=1S/C15H25NO2S/c1-4-7-15(18,8-5-2)11-16-14(17)12(3)13-6-9-19-10-13/h6,9-10,12,18H,4-5,7-8,11H2,1-3H3,(H,16,17). The van der Waals surface area contributed by atoms with E-state index in [1.807, 2.05) is 23.8 Å². The molecule has 0 saturated carbocycles. The average Bonchev–Trinajstić information content (AvgIpc) is 2.89. The van der Waals surface area contributed by atoms with Crippen LogP contribution in [0.4, 0.5) is 0 Å². The number of carbonyl (C=O) groups is 1. The number of thiophene rings is 1. The maximum Gasteiger partial charge on any atom is 0.227 e. The molecule has 1 aromatic rings. The highest BCUT2D eigenvalue weighted by atomic mass is 32.1. The van der Waals surface area contributed by atoms with Gasteiger partial charge in [0.1, 0.15) is 0 Å². The van der Waals surface area contributed by atoms with Crippen LogP contribution < -0.4 is 5.32 Å². The zero-order valence-corrected chi connectivity index (χ0v) is 12.9. The van der Waals surface area contributed by atoms with E-state index in [1.54, 1.807) is 11.3 Å². The molecule has 4 heteroatoms. The molecule has 0 fully saturated rings. The summed E-state index contributed by atoms with van der Waals surface area (Å²) in [5.41, 5.74) is 0.282. The molecule has 19 heavy (non-hydrogen) atoms. The van der Waals surface area contributed by atoms with Crippen molar-refractivity contribution in [2.45, 2.75) is 58.0 Å². The zero-order chi connectivity index (χ0) is 14.3. The van der Waals surface area contributed by atoms with Crippen LogP contribution in [-0.4, -0.2) is 23.2 Å². The maximum atomic E-state index is 12.1. The van der Waals surface area contributed by atoms with E-state index < -0.39 is 5.60 Å². The van der Waals surface area contributed by atoms with Gasteiger partial charge in [-0.15, -0.1) is 0 Å². The summed E-state index contributed by atoms with van der Waals surface area (Å²) in [6, 6.07) is 1.97. The third-order valence-electron chi connectivity index (χ3n) is 3.46. The van der Waals surface area contributed by atoms with Gasteiger partial charge in [-0.25, -0.2) is 0 Å². The molecule has 0 bridgehead atoms. The van der Waals surface area contributed by atoms with E-state index >= 15 is 0 Å². The second-order valence-electron chi connectivity index (χ2n) is 5.22. The predicted molar refractivity (Wildman–Crippen MR) is 80.5 cm³/mol. The maximum absolute atomic E-state index is 12.1. The van der Waals surface area contributed by atoms with E-state index in [0.717, 1.165) is 31.2 Å². The van der Waals surface area contributed by atoms with Crippen molar-refractivity contribution in [1.29, 1.82) is 0 Å². The van der Waals surface area contributed by atoms with Gasteiger partial charge in [-0.1, -0.05) is 26.7 Å². The van der Waals surface area contributed by atoms with Crippen LogP contribution in [0.1, 0.15) is 57.9 Å². The topological polar surface area (TPSA) is 49.3 Å². The molecule has 1 unspecified atom stereocenters. The smallest absolute Gasteiger partial charge is 0.227 e. The summed E-state index contributed by atoms with van der Waals surface area (Å²) >= 11 is 1.60. The third kappa shape index (κ3) is 4.96. The molecule has 1 amide bonds. The Kier molecular flexibility index (Phi) is 6.52. The van der Waals surface area contributed by atoms with E-state index in [9.17, 15) is 9.90 Å². The first-order valence-corrected chi connectivity index (χ1v) is 7.99. The summed E-state index contributed by atoms with van der Waals surface area (Å²) in [5, 5.41) is 17.3. The Morgan fingerprint density at radius 3 is 2.53 bits per heavy atom. The SMILES string of the molecule is CCCC(O)(CCC)CNC(=O)C(C)c1ccsc1. The first kappa shape index (κ1) is 16.2. The molecule has 2 N–H and O–H groups in total. The summed E-state index contributed by atoms with van der Waals surface area (Å²) in [4.78, 5) is 12.1. The molecule has 108 valence electrons. The molecule has 0 aromatic carbocycles. The van der Waals surface area contributed by atoms with Crippen LogP contribution >= 0.6 is 11.3 Å². The molecule has 0 aliphatic heterocycles. The van der Waals surface area contributed by atoms with Gasteiger partial charge in [0.05, 0.1) is 11.5 Å². The summed E-state index contributed by atoms with van der Waals surface area (Å²) in [7, 11) is 0. The molecule has 1 heterocycles. The van der Waals surface area contributed by atoms with Crippen molar-refractivity contribution >= 4 is 17.2 Å². The zero-order valence-electron chi connectivity index (χ0n) is 12.1. The number of nitrogens with one attached hydrogen (secondary N) is 1. The number of rotatable bonds is 8. The highest BCUT2D eigenvalue weighted by molar-refractivity contribution is 7.08. The lowest BCUT2D eigenvalue weighted by molar-refractivity contribution is -0.123. The van der Waals surface area contributed by atoms with Crippen LogP contribution in [0.3, 0.4) is 0 Å². The largest absolute Gasteiger partial charge is 0.388 e. The van der Waals surface area contributed by atoms with Crippen LogP contribution in [0.15, 0.2) is 16.8 Å². The van der Waals surface area contributed by atoms with Gasteiger partial charge in [0.2, 0.25) is 5.91 Å². The fourth-order valence-electron chi connectivity index (χ4n) is 2.31. The normalized spacial score (nSPS) is 13.3. The molecular weight excluding hydrogens is 258 g/mol. The number of hydrogen-bond donors (Lipinski definition) is 2. The van der Waals surface area contributed by atoms with E-state index in [-0.39, 0.29) is 11.8 Å². The van der Waals surface area contributed by atoms with Gasteiger partial charge in [-0.05, 0) is 42.2 Å². The van der Waals surface area contributed by atoms with Crippen LogP contribution in [0.25, 0.3) is 0 Å². The summed E-state index contributed by atoms with van der Waals surface area (Å²) < 4.78 is 0. The molecule has 0 aliphatic rings. The molecule has 1 aromatic heterocycles. The lowest BCUT2D eigenvalue weighted by Crippen LogP contribution is -2.44. The molecule has 1 atom stereocenters. The van der Waals surface area contributed by atoms with Crippen molar-refractivity contribution < 1.29 is 9.90 Å². The van der Waals surface area contributed by atoms with Crippen LogP contribution in [-0.2, 0) is 4.79 Å². The van der Waals surface area contributed by atoms with Gasteiger partial charge in [0, 0.05) is 6.54 Å². The minimum atomic E-state index is -0.756. The van der Waals surface area contributed by atoms with Gasteiger partial charge in [0.25, 0.3) is 0 Å². The Morgan fingerprint density at radius 2 is 2.05 bits per heavy atom. The van der Waals surface area contributed by atoms with Gasteiger partial charge in [-0.3, -0.25) is 4.79 Å². The van der Waals surface area contributed by atoms with Crippen molar-refractivity contribution in [3.63, 3.8) is 0 Å². The van der Waals surface area contributed by atoms with Gasteiger partial charge in [-0.2, -0.15) is 11.3 Å². The predicted octanol–water partition coefficient (Wildman–Crippen LogP) is 3.30. The molecule has 0 aliphatic carbocycles. The van der Waals surface area contributed by atoms with Crippen molar-refractivity contribution in [3.8, 4) is 0 Å². The molecule has 1 rings (SSSR count). The summed E-state index contributed by atoms with van der Waals surface area (Å²) in [6.07, 6.45) is 3.31. The Morgan fingerprint density at radius 1 is 1.42 bits per heavy atom. The third-order valence-corrected chi connectivity index (χ3v) is 4.16. The van der Waals surface area contributed by atoms with Crippen molar-refractivity contribution in [1.82, 2.24) is 5.32 Å². The minimum Gasteiger partial charge on any atom is -0.388 e. The Balaban J connectivity index is 2.52. The molecule has 0 radical (unpaired) electrons. The first-order chi connectivity index (χ1) is 9.02. The van der Waals surface area contributed by atoms with Gasteiger partial charge >= 0.3 is 0 Å². The highest BCUT2D eigenvalue weighted by Crippen LogP contribution is 2.21. The van der Waals surface area contributed by atoms with E-state index in [2.05, 4.69) is 19.2 Å². The lowest BCUT2D eigenvalue weighted by Gasteiger charge is -2.28. The van der Waals surface area contributed by atoms with Crippen molar-refractivity contribution in [2.24, 2.45) is 0 Å². The summed E-state index contributed by atoms with van der Waals surface area (Å²) in [5.74, 6) is -0.164. The Hall–Kier alpha value is -0.870. The monoisotopic (exact) mass is 283 g/mol. The quantitative estimate of drug-likeness (QED) is 0.769. The Labute approximate surface area is 120 Å². The van der Waals surface area contributed by atoms with E-state index in [1.165, 1.54) is 0 Å². The lowest BCUT2D eigenvalue weighted by atomic mass is 9.92. The molecule has 0 spiro atoms. The highest BCUT2D eigenvalue weighted by Gasteiger charge is 2.26. The van der Waals surface area contributed by atoms with Gasteiger partial charge in [0.15, 0.2) is 0 Å². The minimum absolute atomic E-state index is 0.0102. The fraction of sp³-hybridized carbons (Fsp3) is 0.667.